The van der Waals surface area contributed by atoms with Crippen LogP contribution in [0.25, 0.3) is 0 Å². The lowest BCUT2D eigenvalue weighted by atomic mass is 9.43. The Balaban J connectivity index is 1.49. The van der Waals surface area contributed by atoms with E-state index in [1.54, 1.807) is 0 Å². The van der Waals surface area contributed by atoms with Gasteiger partial charge < -0.3 is 25.3 Å². The van der Waals surface area contributed by atoms with Gasteiger partial charge >= 0.3 is 5.97 Å². The maximum atomic E-state index is 12.4. The Kier molecular flexibility index (Phi) is 7.13. The highest BCUT2D eigenvalue weighted by molar-refractivity contribution is 5.80. The molecule has 0 bridgehead atoms. The average molecular weight is 480 g/mol. The standard InChI is InChI=1S/C27H45NO6/c1-15(5-8-23(32)28(4)14-24(33)34)18-6-7-19-25-20(13-22(31)27(18,19)3)26(2)10-9-17(29)11-16(26)12-21(25)30/h15-22,25,29-31H,5-14H2,1-4H3,(H,33,34)/t15-,16+,17-,18-,19?,20?,21-,22+,25?,26+,27-/m1/s1. The van der Waals surface area contributed by atoms with E-state index in [-0.39, 0.29) is 65.1 Å². The molecular formula is C27H45NO6. The van der Waals surface area contributed by atoms with Crippen molar-refractivity contribution in [2.75, 3.05) is 13.6 Å². The number of aliphatic hydroxyl groups excluding tert-OH is 3. The van der Waals surface area contributed by atoms with Gasteiger partial charge in [0.1, 0.15) is 6.54 Å². The minimum atomic E-state index is -1.01. The summed E-state index contributed by atoms with van der Waals surface area (Å²) in [5, 5.41) is 42.2. The van der Waals surface area contributed by atoms with Crippen LogP contribution in [-0.2, 0) is 9.59 Å². The van der Waals surface area contributed by atoms with E-state index in [2.05, 4.69) is 20.8 Å². The summed E-state index contributed by atoms with van der Waals surface area (Å²) in [7, 11) is 1.53. The van der Waals surface area contributed by atoms with Gasteiger partial charge in [0, 0.05) is 13.5 Å². The molecule has 0 saturated heterocycles. The van der Waals surface area contributed by atoms with E-state index >= 15 is 0 Å². The second-order valence-corrected chi connectivity index (χ2v) is 12.7. The summed E-state index contributed by atoms with van der Waals surface area (Å²) in [5.74, 6) is 0.387. The van der Waals surface area contributed by atoms with Crippen LogP contribution in [0.3, 0.4) is 0 Å². The summed E-state index contributed by atoms with van der Waals surface area (Å²) in [6, 6.07) is 0. The smallest absolute Gasteiger partial charge is 0.323 e. The number of hydrogen-bond donors (Lipinski definition) is 4. The second kappa shape index (κ2) is 9.36. The van der Waals surface area contributed by atoms with Crippen LogP contribution in [-0.4, -0.2) is 69.1 Å². The average Bonchev–Trinajstić information content (AvgIpc) is 3.12. The molecule has 0 aromatic rings. The minimum Gasteiger partial charge on any atom is -0.480 e. The Morgan fingerprint density at radius 3 is 2.41 bits per heavy atom. The zero-order valence-corrected chi connectivity index (χ0v) is 21.3. The van der Waals surface area contributed by atoms with Crippen LogP contribution >= 0.6 is 0 Å². The van der Waals surface area contributed by atoms with E-state index in [1.807, 2.05) is 0 Å². The summed E-state index contributed by atoms with van der Waals surface area (Å²) in [6.07, 6.45) is 5.90. The highest BCUT2D eigenvalue weighted by Crippen LogP contribution is 2.68. The fourth-order valence-corrected chi connectivity index (χ4v) is 9.17. The third kappa shape index (κ3) is 4.20. The van der Waals surface area contributed by atoms with E-state index in [0.717, 1.165) is 38.5 Å². The zero-order valence-electron chi connectivity index (χ0n) is 21.3. The summed E-state index contributed by atoms with van der Waals surface area (Å²) < 4.78 is 0. The highest BCUT2D eigenvalue weighted by Gasteiger charge is 2.65. The second-order valence-electron chi connectivity index (χ2n) is 12.7. The van der Waals surface area contributed by atoms with Crippen LogP contribution in [0.1, 0.15) is 78.6 Å². The van der Waals surface area contributed by atoms with E-state index in [0.29, 0.717) is 25.2 Å². The Hall–Kier alpha value is -1.18. The number of carbonyl (C=O) groups excluding carboxylic acids is 1. The Morgan fingerprint density at radius 2 is 1.74 bits per heavy atom. The van der Waals surface area contributed by atoms with Crippen molar-refractivity contribution in [3.8, 4) is 0 Å². The number of aliphatic hydroxyl groups is 3. The van der Waals surface area contributed by atoms with Crippen LogP contribution in [0.2, 0.25) is 0 Å². The summed E-state index contributed by atoms with van der Waals surface area (Å²) >= 11 is 0. The number of likely N-dealkylation sites (N-methyl/N-ethyl adjacent to an activating group) is 1. The van der Waals surface area contributed by atoms with Crippen LogP contribution in [0, 0.1) is 46.3 Å². The third-order valence-corrected chi connectivity index (χ3v) is 11.1. The molecule has 34 heavy (non-hydrogen) atoms. The zero-order chi connectivity index (χ0) is 25.0. The SMILES string of the molecule is C[C@H](CCC(=O)N(C)CC(=O)O)[C@H]1CCC2C3C(C[C@H](O)[C@@]21C)[C@@]1(C)CC[C@@H](O)C[C@H]1C[C@H]3O. The lowest BCUT2D eigenvalue weighted by molar-refractivity contribution is -0.207. The number of rotatable bonds is 6. The van der Waals surface area contributed by atoms with E-state index in [9.17, 15) is 24.9 Å². The van der Waals surface area contributed by atoms with E-state index in [1.165, 1.54) is 11.9 Å². The monoisotopic (exact) mass is 479 g/mol. The fraction of sp³-hybridized carbons (Fsp3) is 0.926. The first-order chi connectivity index (χ1) is 15.9. The molecule has 0 aromatic carbocycles. The van der Waals surface area contributed by atoms with Gasteiger partial charge in [0.2, 0.25) is 5.91 Å². The molecule has 11 atom stereocenters. The minimum absolute atomic E-state index is 0.0658. The molecule has 4 saturated carbocycles. The number of carbonyl (C=O) groups is 2. The molecule has 0 aromatic heterocycles. The quantitative estimate of drug-likeness (QED) is 0.465. The molecule has 0 heterocycles. The molecule has 4 aliphatic carbocycles. The molecule has 1 amide bonds. The van der Waals surface area contributed by atoms with Crippen molar-refractivity contribution in [3.05, 3.63) is 0 Å². The number of carboxylic acid groups (broad SMARTS) is 1. The molecule has 3 unspecified atom stereocenters. The van der Waals surface area contributed by atoms with E-state index < -0.39 is 12.1 Å². The maximum absolute atomic E-state index is 12.4. The van der Waals surface area contributed by atoms with Gasteiger partial charge in [0.15, 0.2) is 0 Å². The lowest BCUT2D eigenvalue weighted by Gasteiger charge is -2.63. The predicted octanol–water partition coefficient (Wildman–Crippen LogP) is 2.91. The first-order valence-corrected chi connectivity index (χ1v) is 13.4. The van der Waals surface area contributed by atoms with Gasteiger partial charge in [0.05, 0.1) is 18.3 Å². The fourth-order valence-electron chi connectivity index (χ4n) is 9.17. The molecule has 0 radical (unpaired) electrons. The van der Waals surface area contributed by atoms with Crippen molar-refractivity contribution in [1.82, 2.24) is 4.90 Å². The van der Waals surface area contributed by atoms with Crippen LogP contribution in [0.4, 0.5) is 0 Å². The van der Waals surface area contributed by atoms with Crippen molar-refractivity contribution in [1.29, 1.82) is 0 Å². The summed E-state index contributed by atoms with van der Waals surface area (Å²) in [5.41, 5.74) is -0.217. The van der Waals surface area contributed by atoms with Crippen molar-refractivity contribution >= 4 is 11.9 Å². The van der Waals surface area contributed by atoms with Crippen molar-refractivity contribution < 1.29 is 30.0 Å². The van der Waals surface area contributed by atoms with E-state index in [4.69, 9.17) is 5.11 Å². The number of fused-ring (bicyclic) bond motifs is 5. The van der Waals surface area contributed by atoms with Gasteiger partial charge in [-0.25, -0.2) is 0 Å². The molecule has 0 aliphatic heterocycles. The normalized spacial score (nSPS) is 46.7. The van der Waals surface area contributed by atoms with Gasteiger partial charge in [-0.1, -0.05) is 20.8 Å². The number of amides is 1. The molecule has 4 rings (SSSR count). The number of hydrogen-bond acceptors (Lipinski definition) is 5. The maximum Gasteiger partial charge on any atom is 0.323 e. The van der Waals surface area contributed by atoms with Gasteiger partial charge in [-0.15, -0.1) is 0 Å². The predicted molar refractivity (Wildman–Crippen MR) is 128 cm³/mol. The Bertz CT molecular complexity index is 789. The van der Waals surface area contributed by atoms with Crippen LogP contribution in [0.15, 0.2) is 0 Å². The van der Waals surface area contributed by atoms with Crippen molar-refractivity contribution in [2.24, 2.45) is 46.3 Å². The Morgan fingerprint density at radius 1 is 1.03 bits per heavy atom. The lowest BCUT2D eigenvalue weighted by Crippen LogP contribution is -2.62. The molecule has 7 heteroatoms. The molecule has 7 nitrogen and oxygen atoms in total. The molecule has 194 valence electrons. The van der Waals surface area contributed by atoms with Crippen molar-refractivity contribution in [2.45, 2.75) is 96.9 Å². The van der Waals surface area contributed by atoms with Gasteiger partial charge in [-0.2, -0.15) is 0 Å². The Labute approximate surface area is 203 Å². The summed E-state index contributed by atoms with van der Waals surface area (Å²) in [4.78, 5) is 24.6. The number of aliphatic carboxylic acids is 1. The van der Waals surface area contributed by atoms with Crippen molar-refractivity contribution in [3.63, 3.8) is 0 Å². The number of carboxylic acids is 1. The molecule has 4 N–H and O–H groups in total. The van der Waals surface area contributed by atoms with Crippen LogP contribution in [0.5, 0.6) is 0 Å². The first kappa shape index (κ1) is 25.9. The first-order valence-electron chi connectivity index (χ1n) is 13.4. The summed E-state index contributed by atoms with van der Waals surface area (Å²) in [6.45, 7) is 6.44. The molecular weight excluding hydrogens is 434 g/mol. The molecule has 0 spiro atoms. The highest BCUT2D eigenvalue weighted by atomic mass is 16.4. The topological polar surface area (TPSA) is 118 Å². The van der Waals surface area contributed by atoms with Gasteiger partial charge in [0.25, 0.3) is 0 Å². The van der Waals surface area contributed by atoms with Crippen LogP contribution < -0.4 is 0 Å². The van der Waals surface area contributed by atoms with Gasteiger partial charge in [-0.3, -0.25) is 9.59 Å². The largest absolute Gasteiger partial charge is 0.480 e. The third-order valence-electron chi connectivity index (χ3n) is 11.1. The number of nitrogens with zero attached hydrogens (tertiary/aromatic N) is 1. The molecule has 4 fully saturated rings. The molecule has 4 aliphatic rings. The van der Waals surface area contributed by atoms with Gasteiger partial charge in [-0.05, 0) is 97.7 Å².